The second-order valence-electron chi connectivity index (χ2n) is 4.67. The number of amides is 1. The molecular weight excluding hydrogens is 202 g/mol. The Morgan fingerprint density at radius 1 is 1.38 bits per heavy atom. The lowest BCUT2D eigenvalue weighted by molar-refractivity contribution is -0.134. The summed E-state index contributed by atoms with van der Waals surface area (Å²) in [6, 6.07) is 2.55. The maximum absolute atomic E-state index is 12.2. The first-order chi connectivity index (χ1) is 7.83. The van der Waals surface area contributed by atoms with E-state index in [0.29, 0.717) is 19.0 Å². The molecule has 16 heavy (non-hydrogen) atoms. The van der Waals surface area contributed by atoms with E-state index in [1.807, 2.05) is 4.90 Å². The Morgan fingerprint density at radius 3 is 2.75 bits per heavy atom. The van der Waals surface area contributed by atoms with Crippen molar-refractivity contribution in [2.45, 2.75) is 50.6 Å². The van der Waals surface area contributed by atoms with Crippen molar-refractivity contribution in [1.29, 1.82) is 5.26 Å². The first-order valence-electron chi connectivity index (χ1n) is 6.23. The number of carbonyl (C=O) groups excluding carboxylic acids is 1. The van der Waals surface area contributed by atoms with Crippen LogP contribution in [-0.2, 0) is 4.79 Å². The van der Waals surface area contributed by atoms with E-state index in [4.69, 9.17) is 5.26 Å². The molecule has 1 aliphatic heterocycles. The Morgan fingerprint density at radius 2 is 2.19 bits per heavy atom. The minimum Gasteiger partial charge on any atom is -0.337 e. The van der Waals surface area contributed by atoms with Crippen LogP contribution < -0.4 is 5.32 Å². The molecule has 0 spiro atoms. The van der Waals surface area contributed by atoms with E-state index in [0.717, 1.165) is 32.2 Å². The average molecular weight is 221 g/mol. The van der Waals surface area contributed by atoms with Crippen LogP contribution in [0.5, 0.6) is 0 Å². The molecule has 0 aromatic heterocycles. The third-order valence-corrected chi connectivity index (χ3v) is 3.34. The Labute approximate surface area is 96.6 Å². The van der Waals surface area contributed by atoms with Crippen molar-refractivity contribution >= 4 is 5.91 Å². The second kappa shape index (κ2) is 5.31. The van der Waals surface area contributed by atoms with Gasteiger partial charge in [-0.05, 0) is 32.2 Å². The summed E-state index contributed by atoms with van der Waals surface area (Å²) >= 11 is 0. The molecule has 0 unspecified atom stereocenters. The minimum atomic E-state index is 0.00745. The molecule has 1 aliphatic carbocycles. The molecule has 0 aromatic carbocycles. The van der Waals surface area contributed by atoms with Gasteiger partial charge in [0, 0.05) is 12.6 Å². The van der Waals surface area contributed by atoms with Crippen LogP contribution in [0.1, 0.15) is 38.5 Å². The summed E-state index contributed by atoms with van der Waals surface area (Å²) in [4.78, 5) is 14.2. The van der Waals surface area contributed by atoms with Gasteiger partial charge in [-0.2, -0.15) is 5.26 Å². The van der Waals surface area contributed by atoms with E-state index in [1.165, 1.54) is 6.42 Å². The largest absolute Gasteiger partial charge is 0.337 e. The SMILES string of the molecule is N#CCCN(C(=O)[C@@H]1CCCCN1)C1CC1. The summed E-state index contributed by atoms with van der Waals surface area (Å²) in [7, 11) is 0. The zero-order chi connectivity index (χ0) is 11.4. The summed E-state index contributed by atoms with van der Waals surface area (Å²) in [5.41, 5.74) is 0. The van der Waals surface area contributed by atoms with Gasteiger partial charge in [0.15, 0.2) is 0 Å². The van der Waals surface area contributed by atoms with Gasteiger partial charge in [-0.1, -0.05) is 6.42 Å². The van der Waals surface area contributed by atoms with Gasteiger partial charge in [-0.3, -0.25) is 4.79 Å². The number of nitrogens with zero attached hydrogens (tertiary/aromatic N) is 2. The minimum absolute atomic E-state index is 0.00745. The van der Waals surface area contributed by atoms with Crippen molar-refractivity contribution in [2.75, 3.05) is 13.1 Å². The quantitative estimate of drug-likeness (QED) is 0.771. The second-order valence-corrected chi connectivity index (χ2v) is 4.67. The van der Waals surface area contributed by atoms with Crippen molar-refractivity contribution in [1.82, 2.24) is 10.2 Å². The molecule has 1 atom stereocenters. The van der Waals surface area contributed by atoms with Crippen molar-refractivity contribution in [3.05, 3.63) is 0 Å². The van der Waals surface area contributed by atoms with Crippen molar-refractivity contribution in [3.8, 4) is 6.07 Å². The van der Waals surface area contributed by atoms with E-state index in [1.54, 1.807) is 0 Å². The summed E-state index contributed by atoms with van der Waals surface area (Å²) < 4.78 is 0. The predicted octanol–water partition coefficient (Wildman–Crippen LogP) is 1.03. The number of rotatable bonds is 4. The fraction of sp³-hybridized carbons (Fsp3) is 0.833. The topological polar surface area (TPSA) is 56.1 Å². The lowest BCUT2D eigenvalue weighted by Crippen LogP contribution is -2.49. The number of piperidine rings is 1. The molecule has 1 saturated heterocycles. The average Bonchev–Trinajstić information content (AvgIpc) is 3.15. The van der Waals surface area contributed by atoms with Gasteiger partial charge in [0.05, 0.1) is 18.5 Å². The van der Waals surface area contributed by atoms with Crippen LogP contribution in [-0.4, -0.2) is 36.0 Å². The van der Waals surface area contributed by atoms with Gasteiger partial charge in [0.1, 0.15) is 0 Å². The summed E-state index contributed by atoms with van der Waals surface area (Å²) in [5, 5.41) is 11.9. The van der Waals surface area contributed by atoms with Crippen LogP contribution >= 0.6 is 0 Å². The molecule has 1 N–H and O–H groups in total. The summed E-state index contributed by atoms with van der Waals surface area (Å²) in [5.74, 6) is 0.220. The van der Waals surface area contributed by atoms with Gasteiger partial charge in [0.25, 0.3) is 0 Å². The maximum Gasteiger partial charge on any atom is 0.239 e. The molecule has 2 aliphatic rings. The number of nitrogens with one attached hydrogen (secondary N) is 1. The summed E-state index contributed by atoms with van der Waals surface area (Å²) in [6.45, 7) is 1.56. The number of hydrogen-bond acceptors (Lipinski definition) is 3. The highest BCUT2D eigenvalue weighted by Gasteiger charge is 2.35. The molecule has 2 rings (SSSR count). The van der Waals surface area contributed by atoms with E-state index < -0.39 is 0 Å². The Kier molecular flexibility index (Phi) is 3.79. The Bertz CT molecular complexity index is 287. The molecule has 0 bridgehead atoms. The fourth-order valence-electron chi connectivity index (χ4n) is 2.29. The normalized spacial score (nSPS) is 24.8. The first-order valence-corrected chi connectivity index (χ1v) is 6.23. The Balaban J connectivity index is 1.90. The van der Waals surface area contributed by atoms with Crippen LogP contribution in [0.4, 0.5) is 0 Å². The standard InChI is InChI=1S/C12H19N3O/c13-7-3-9-15(10-5-6-10)12(16)11-4-1-2-8-14-11/h10-11,14H,1-6,8-9H2/t11-/m0/s1. The predicted molar refractivity (Wildman–Crippen MR) is 60.6 cm³/mol. The maximum atomic E-state index is 12.2. The van der Waals surface area contributed by atoms with E-state index in [2.05, 4.69) is 11.4 Å². The van der Waals surface area contributed by atoms with Crippen LogP contribution in [0.3, 0.4) is 0 Å². The highest BCUT2D eigenvalue weighted by atomic mass is 16.2. The molecule has 4 nitrogen and oxygen atoms in total. The molecule has 1 heterocycles. The Hall–Kier alpha value is -1.08. The smallest absolute Gasteiger partial charge is 0.239 e. The van der Waals surface area contributed by atoms with Gasteiger partial charge in [0.2, 0.25) is 5.91 Å². The van der Waals surface area contributed by atoms with Gasteiger partial charge < -0.3 is 10.2 Å². The molecular formula is C12H19N3O. The van der Waals surface area contributed by atoms with Gasteiger partial charge in [-0.25, -0.2) is 0 Å². The number of nitriles is 1. The van der Waals surface area contributed by atoms with Crippen LogP contribution in [0.25, 0.3) is 0 Å². The molecule has 1 amide bonds. The number of carbonyl (C=O) groups is 1. The zero-order valence-corrected chi connectivity index (χ0v) is 9.61. The van der Waals surface area contributed by atoms with Crippen LogP contribution in [0.2, 0.25) is 0 Å². The van der Waals surface area contributed by atoms with Gasteiger partial charge >= 0.3 is 0 Å². The summed E-state index contributed by atoms with van der Waals surface area (Å²) in [6.07, 6.45) is 5.95. The third kappa shape index (κ3) is 2.73. The highest BCUT2D eigenvalue weighted by Crippen LogP contribution is 2.28. The molecule has 0 aromatic rings. The van der Waals surface area contributed by atoms with E-state index >= 15 is 0 Å². The molecule has 1 saturated carbocycles. The molecule has 0 radical (unpaired) electrons. The lowest BCUT2D eigenvalue weighted by atomic mass is 10.0. The first kappa shape index (κ1) is 11.4. The van der Waals surface area contributed by atoms with Crippen molar-refractivity contribution in [3.63, 3.8) is 0 Å². The lowest BCUT2D eigenvalue weighted by Gasteiger charge is -2.29. The van der Waals surface area contributed by atoms with E-state index in [9.17, 15) is 4.79 Å². The van der Waals surface area contributed by atoms with Crippen LogP contribution in [0.15, 0.2) is 0 Å². The molecule has 4 heteroatoms. The van der Waals surface area contributed by atoms with E-state index in [-0.39, 0.29) is 11.9 Å². The zero-order valence-electron chi connectivity index (χ0n) is 9.61. The van der Waals surface area contributed by atoms with Gasteiger partial charge in [-0.15, -0.1) is 0 Å². The molecule has 2 fully saturated rings. The monoisotopic (exact) mass is 221 g/mol. The number of hydrogen-bond donors (Lipinski definition) is 1. The van der Waals surface area contributed by atoms with Crippen LogP contribution in [0, 0.1) is 11.3 Å². The third-order valence-electron chi connectivity index (χ3n) is 3.34. The van der Waals surface area contributed by atoms with Crippen molar-refractivity contribution in [2.24, 2.45) is 0 Å². The fourth-order valence-corrected chi connectivity index (χ4v) is 2.29. The highest BCUT2D eigenvalue weighted by molar-refractivity contribution is 5.82. The van der Waals surface area contributed by atoms with Crippen molar-refractivity contribution < 1.29 is 4.79 Å². The molecule has 88 valence electrons.